The van der Waals surface area contributed by atoms with Crippen LogP contribution in [0.1, 0.15) is 65.2 Å². The van der Waals surface area contributed by atoms with Crippen LogP contribution in [0.15, 0.2) is 0 Å². The van der Waals surface area contributed by atoms with Crippen molar-refractivity contribution in [3.05, 3.63) is 0 Å². The molecule has 1 aliphatic carbocycles. The van der Waals surface area contributed by atoms with Crippen LogP contribution in [0, 0.1) is 17.8 Å². The maximum atomic E-state index is 12.1. The molecule has 2 nitrogen and oxygen atoms in total. The quantitative estimate of drug-likeness (QED) is 0.738. The average molecular weight is 239 g/mol. The second-order valence-corrected chi connectivity index (χ2v) is 5.92. The number of Topliss-reactive ketones (excluding diaryl/α,β-unsaturated/α-hetero) is 1. The smallest absolute Gasteiger partial charge is 0.135 e. The Kier molecular flexibility index (Phi) is 6.79. The summed E-state index contributed by atoms with van der Waals surface area (Å²) in [5.74, 6) is 2.19. The van der Waals surface area contributed by atoms with Crippen molar-refractivity contribution in [2.45, 2.75) is 65.2 Å². The number of rotatable bonds is 7. The molecule has 1 rings (SSSR count). The van der Waals surface area contributed by atoms with Gasteiger partial charge in [0.25, 0.3) is 0 Å². The molecule has 2 heteroatoms. The van der Waals surface area contributed by atoms with Crippen LogP contribution in [0.3, 0.4) is 0 Å². The maximum absolute atomic E-state index is 12.1. The maximum Gasteiger partial charge on any atom is 0.135 e. The van der Waals surface area contributed by atoms with Crippen molar-refractivity contribution in [2.75, 3.05) is 6.54 Å². The SMILES string of the molecule is CC(C)C(CCN)CCC(=O)C1CCCCC1. The second kappa shape index (κ2) is 7.86. The van der Waals surface area contributed by atoms with Crippen LogP contribution in [-0.2, 0) is 4.79 Å². The molecule has 0 saturated heterocycles. The molecule has 0 aliphatic heterocycles. The molecule has 0 spiro atoms. The molecule has 0 aromatic heterocycles. The summed E-state index contributed by atoms with van der Waals surface area (Å²) in [7, 11) is 0. The van der Waals surface area contributed by atoms with E-state index in [2.05, 4.69) is 13.8 Å². The van der Waals surface area contributed by atoms with Gasteiger partial charge in [0, 0.05) is 12.3 Å². The highest BCUT2D eigenvalue weighted by Crippen LogP contribution is 2.27. The van der Waals surface area contributed by atoms with Crippen LogP contribution in [0.4, 0.5) is 0 Å². The molecule has 1 fully saturated rings. The second-order valence-electron chi connectivity index (χ2n) is 5.92. The van der Waals surface area contributed by atoms with Crippen LogP contribution in [0.5, 0.6) is 0 Å². The van der Waals surface area contributed by atoms with Crippen molar-refractivity contribution >= 4 is 5.78 Å². The topological polar surface area (TPSA) is 43.1 Å². The van der Waals surface area contributed by atoms with Crippen molar-refractivity contribution in [3.63, 3.8) is 0 Å². The van der Waals surface area contributed by atoms with Gasteiger partial charge in [-0.1, -0.05) is 33.1 Å². The number of hydrogen-bond donors (Lipinski definition) is 1. The Balaban J connectivity index is 2.29. The first-order chi connectivity index (χ1) is 8.15. The highest BCUT2D eigenvalue weighted by atomic mass is 16.1. The van der Waals surface area contributed by atoms with E-state index in [1.807, 2.05) is 0 Å². The standard InChI is InChI=1S/C15H29NO/c1-12(2)13(10-11-16)8-9-15(17)14-6-4-3-5-7-14/h12-14H,3-11,16H2,1-2H3. The first-order valence-corrected chi connectivity index (χ1v) is 7.38. The van der Waals surface area contributed by atoms with E-state index in [1.54, 1.807) is 0 Å². The fourth-order valence-corrected chi connectivity index (χ4v) is 2.98. The molecule has 17 heavy (non-hydrogen) atoms. The van der Waals surface area contributed by atoms with E-state index in [-0.39, 0.29) is 0 Å². The zero-order valence-corrected chi connectivity index (χ0v) is 11.6. The van der Waals surface area contributed by atoms with Crippen LogP contribution in [-0.4, -0.2) is 12.3 Å². The van der Waals surface area contributed by atoms with Gasteiger partial charge in [-0.2, -0.15) is 0 Å². The van der Waals surface area contributed by atoms with Crippen molar-refractivity contribution in [1.82, 2.24) is 0 Å². The summed E-state index contributed by atoms with van der Waals surface area (Å²) in [6.45, 7) is 5.23. The van der Waals surface area contributed by atoms with Crippen molar-refractivity contribution in [1.29, 1.82) is 0 Å². The summed E-state index contributed by atoms with van der Waals surface area (Å²) in [5.41, 5.74) is 5.63. The third-order valence-corrected chi connectivity index (χ3v) is 4.30. The van der Waals surface area contributed by atoms with Crippen molar-refractivity contribution < 1.29 is 4.79 Å². The lowest BCUT2D eigenvalue weighted by molar-refractivity contribution is -0.124. The molecule has 0 radical (unpaired) electrons. The number of carbonyl (C=O) groups is 1. The van der Waals surface area contributed by atoms with Gasteiger partial charge in [0.05, 0.1) is 0 Å². The number of carbonyl (C=O) groups excluding carboxylic acids is 1. The monoisotopic (exact) mass is 239 g/mol. The first kappa shape index (κ1) is 14.7. The summed E-state index contributed by atoms with van der Waals surface area (Å²) >= 11 is 0. The van der Waals surface area contributed by atoms with Gasteiger partial charge in [-0.25, -0.2) is 0 Å². The number of nitrogens with two attached hydrogens (primary N) is 1. The highest BCUT2D eigenvalue weighted by molar-refractivity contribution is 5.81. The molecular weight excluding hydrogens is 210 g/mol. The molecule has 1 aliphatic rings. The summed E-state index contributed by atoms with van der Waals surface area (Å²) in [4.78, 5) is 12.1. The molecule has 0 aromatic rings. The van der Waals surface area contributed by atoms with E-state index in [1.165, 1.54) is 19.3 Å². The molecule has 1 atom stereocenters. The van der Waals surface area contributed by atoms with Crippen LogP contribution in [0.2, 0.25) is 0 Å². The van der Waals surface area contributed by atoms with Gasteiger partial charge in [0.1, 0.15) is 5.78 Å². The van der Waals surface area contributed by atoms with Gasteiger partial charge in [0.2, 0.25) is 0 Å². The van der Waals surface area contributed by atoms with Crippen LogP contribution >= 0.6 is 0 Å². The van der Waals surface area contributed by atoms with Crippen molar-refractivity contribution in [2.24, 2.45) is 23.5 Å². The zero-order valence-electron chi connectivity index (χ0n) is 11.6. The Morgan fingerprint density at radius 2 is 1.82 bits per heavy atom. The Labute approximate surface area is 106 Å². The van der Waals surface area contributed by atoms with Gasteiger partial charge < -0.3 is 5.73 Å². The highest BCUT2D eigenvalue weighted by Gasteiger charge is 2.22. The molecule has 100 valence electrons. The first-order valence-electron chi connectivity index (χ1n) is 7.38. The molecule has 0 heterocycles. The molecule has 0 aromatic carbocycles. The summed E-state index contributed by atoms with van der Waals surface area (Å²) < 4.78 is 0. The van der Waals surface area contributed by atoms with Gasteiger partial charge in [-0.15, -0.1) is 0 Å². The normalized spacial score (nSPS) is 19.5. The third-order valence-electron chi connectivity index (χ3n) is 4.30. The molecule has 1 unspecified atom stereocenters. The van der Waals surface area contributed by atoms with E-state index in [0.717, 1.165) is 38.6 Å². The average Bonchev–Trinajstić information content (AvgIpc) is 2.34. The summed E-state index contributed by atoms with van der Waals surface area (Å²) in [6.07, 6.45) is 9.02. The lowest BCUT2D eigenvalue weighted by Gasteiger charge is -2.23. The lowest BCUT2D eigenvalue weighted by atomic mass is 9.82. The van der Waals surface area contributed by atoms with E-state index >= 15 is 0 Å². The predicted molar refractivity (Wildman–Crippen MR) is 72.8 cm³/mol. The minimum absolute atomic E-state index is 0.384. The van der Waals surface area contributed by atoms with Gasteiger partial charge >= 0.3 is 0 Å². The summed E-state index contributed by atoms with van der Waals surface area (Å²) in [5, 5.41) is 0. The van der Waals surface area contributed by atoms with E-state index in [4.69, 9.17) is 5.73 Å². The molecule has 2 N–H and O–H groups in total. The Hall–Kier alpha value is -0.370. The fourth-order valence-electron chi connectivity index (χ4n) is 2.98. The molecular formula is C15H29NO. The van der Waals surface area contributed by atoms with Crippen LogP contribution in [0.25, 0.3) is 0 Å². The predicted octanol–water partition coefficient (Wildman–Crippen LogP) is 3.54. The molecule has 0 bridgehead atoms. The lowest BCUT2D eigenvalue weighted by Crippen LogP contribution is -2.20. The van der Waals surface area contributed by atoms with Gasteiger partial charge in [0.15, 0.2) is 0 Å². The number of ketones is 1. The Morgan fingerprint density at radius 1 is 1.18 bits per heavy atom. The minimum atomic E-state index is 0.384. The molecule has 1 saturated carbocycles. The fraction of sp³-hybridized carbons (Fsp3) is 0.933. The Morgan fingerprint density at radius 3 is 2.35 bits per heavy atom. The van der Waals surface area contributed by atoms with Gasteiger partial charge in [-0.3, -0.25) is 4.79 Å². The minimum Gasteiger partial charge on any atom is -0.330 e. The number of hydrogen-bond acceptors (Lipinski definition) is 2. The van der Waals surface area contributed by atoms with E-state index in [9.17, 15) is 4.79 Å². The van der Waals surface area contributed by atoms with Gasteiger partial charge in [-0.05, 0) is 44.1 Å². The van der Waals surface area contributed by atoms with Crippen LogP contribution < -0.4 is 5.73 Å². The molecule has 0 amide bonds. The van der Waals surface area contributed by atoms with Crippen molar-refractivity contribution in [3.8, 4) is 0 Å². The zero-order chi connectivity index (χ0) is 12.7. The van der Waals surface area contributed by atoms with E-state index in [0.29, 0.717) is 23.5 Å². The Bertz CT molecular complexity index is 219. The summed E-state index contributed by atoms with van der Waals surface area (Å²) in [6, 6.07) is 0. The largest absolute Gasteiger partial charge is 0.330 e. The third kappa shape index (κ3) is 5.20. The van der Waals surface area contributed by atoms with E-state index < -0.39 is 0 Å².